The van der Waals surface area contributed by atoms with Crippen LogP contribution < -0.4 is 0 Å². The van der Waals surface area contributed by atoms with Gasteiger partial charge in [0.1, 0.15) is 5.75 Å². The zero-order valence-electron chi connectivity index (χ0n) is 10.3. The minimum atomic E-state index is -0.370. The van der Waals surface area contributed by atoms with E-state index in [2.05, 4.69) is 0 Å². The molecule has 0 radical (unpaired) electrons. The number of rotatable bonds is 1. The number of phenols is 1. The Morgan fingerprint density at radius 1 is 1.00 bits per heavy atom. The van der Waals surface area contributed by atoms with Gasteiger partial charge in [-0.25, -0.2) is 0 Å². The molecule has 17 heavy (non-hydrogen) atoms. The highest BCUT2D eigenvalue weighted by Gasteiger charge is 2.22. The Morgan fingerprint density at radius 2 is 1.59 bits per heavy atom. The van der Waals surface area contributed by atoms with E-state index in [1.165, 1.54) is 0 Å². The molecule has 0 aromatic heterocycles. The van der Waals surface area contributed by atoms with E-state index in [0.717, 1.165) is 16.3 Å². The Hall–Kier alpha value is -1.83. The summed E-state index contributed by atoms with van der Waals surface area (Å²) in [7, 11) is 0. The molecule has 0 amide bonds. The van der Waals surface area contributed by atoms with Gasteiger partial charge in [0.25, 0.3) is 0 Å². The van der Waals surface area contributed by atoms with Crippen molar-refractivity contribution in [2.75, 3.05) is 0 Å². The number of carbonyl (C=O) groups excluding carboxylic acids is 1. The number of phenolic OH excluding ortho intramolecular Hbond substituents is 1. The van der Waals surface area contributed by atoms with Gasteiger partial charge in [0.15, 0.2) is 5.78 Å². The van der Waals surface area contributed by atoms with Gasteiger partial charge in [-0.2, -0.15) is 0 Å². The molecular formula is C15H16O2. The predicted molar refractivity (Wildman–Crippen MR) is 69.4 cm³/mol. The lowest BCUT2D eigenvalue weighted by Gasteiger charge is -2.16. The molecule has 88 valence electrons. The second-order valence-electron chi connectivity index (χ2n) is 5.33. The quantitative estimate of drug-likeness (QED) is 0.754. The van der Waals surface area contributed by atoms with Crippen LogP contribution in [0.15, 0.2) is 36.4 Å². The maximum Gasteiger partial charge on any atom is 0.168 e. The van der Waals surface area contributed by atoms with Crippen LogP contribution in [0.25, 0.3) is 10.8 Å². The summed E-state index contributed by atoms with van der Waals surface area (Å²) in [5, 5.41) is 11.3. The van der Waals surface area contributed by atoms with Crippen molar-refractivity contribution in [2.24, 2.45) is 5.41 Å². The number of benzene rings is 2. The van der Waals surface area contributed by atoms with Gasteiger partial charge in [-0.1, -0.05) is 39.0 Å². The van der Waals surface area contributed by atoms with Gasteiger partial charge in [-0.15, -0.1) is 0 Å². The third-order valence-corrected chi connectivity index (χ3v) is 2.77. The third-order valence-electron chi connectivity index (χ3n) is 2.77. The average Bonchev–Trinajstić information content (AvgIpc) is 2.26. The lowest BCUT2D eigenvalue weighted by atomic mass is 9.86. The summed E-state index contributed by atoms with van der Waals surface area (Å²) in [4.78, 5) is 12.1. The summed E-state index contributed by atoms with van der Waals surface area (Å²) in [5.41, 5.74) is 0.348. The molecule has 2 rings (SSSR count). The van der Waals surface area contributed by atoms with E-state index in [9.17, 15) is 9.90 Å². The largest absolute Gasteiger partial charge is 0.508 e. The average molecular weight is 228 g/mol. The van der Waals surface area contributed by atoms with Crippen LogP contribution in [0, 0.1) is 5.41 Å². The van der Waals surface area contributed by atoms with E-state index in [-0.39, 0.29) is 16.9 Å². The number of aromatic hydroxyl groups is 1. The van der Waals surface area contributed by atoms with E-state index in [1.54, 1.807) is 12.1 Å². The van der Waals surface area contributed by atoms with Crippen molar-refractivity contribution in [3.05, 3.63) is 42.0 Å². The number of carbonyl (C=O) groups is 1. The number of fused-ring (bicyclic) bond motifs is 1. The molecule has 0 unspecified atom stereocenters. The van der Waals surface area contributed by atoms with Crippen molar-refractivity contribution in [3.8, 4) is 5.75 Å². The van der Waals surface area contributed by atoms with E-state index < -0.39 is 0 Å². The monoisotopic (exact) mass is 228 g/mol. The highest BCUT2D eigenvalue weighted by atomic mass is 16.3. The van der Waals surface area contributed by atoms with E-state index in [1.807, 2.05) is 45.0 Å². The fourth-order valence-corrected chi connectivity index (χ4v) is 1.81. The third kappa shape index (κ3) is 2.31. The molecule has 0 fully saturated rings. The Kier molecular flexibility index (Phi) is 2.66. The van der Waals surface area contributed by atoms with Gasteiger partial charge >= 0.3 is 0 Å². The molecule has 0 saturated carbocycles. The molecule has 2 aromatic rings. The van der Waals surface area contributed by atoms with Gasteiger partial charge in [0.05, 0.1) is 0 Å². The minimum Gasteiger partial charge on any atom is -0.508 e. The first-order valence-corrected chi connectivity index (χ1v) is 5.65. The van der Waals surface area contributed by atoms with Crippen LogP contribution in [-0.2, 0) is 0 Å². The van der Waals surface area contributed by atoms with Crippen LogP contribution >= 0.6 is 0 Å². The van der Waals surface area contributed by atoms with Gasteiger partial charge in [-0.3, -0.25) is 4.79 Å². The molecule has 0 aliphatic heterocycles. The molecule has 0 bridgehead atoms. The lowest BCUT2D eigenvalue weighted by molar-refractivity contribution is 0.0858. The molecule has 0 aliphatic carbocycles. The standard InChI is InChI=1S/C15H16O2/c1-15(2,3)14(17)12-5-4-11-9-13(16)7-6-10(11)8-12/h4-9,16H,1-3H3. The molecule has 0 saturated heterocycles. The maximum atomic E-state index is 12.1. The summed E-state index contributed by atoms with van der Waals surface area (Å²) in [6.45, 7) is 5.74. The van der Waals surface area contributed by atoms with Gasteiger partial charge in [0.2, 0.25) is 0 Å². The first-order valence-electron chi connectivity index (χ1n) is 5.65. The fraction of sp³-hybridized carbons (Fsp3) is 0.267. The van der Waals surface area contributed by atoms with Crippen molar-refractivity contribution in [1.82, 2.24) is 0 Å². The second-order valence-corrected chi connectivity index (χ2v) is 5.33. The second kappa shape index (κ2) is 3.88. The smallest absolute Gasteiger partial charge is 0.168 e. The normalized spacial score (nSPS) is 11.7. The molecular weight excluding hydrogens is 212 g/mol. The summed E-state index contributed by atoms with van der Waals surface area (Å²) >= 11 is 0. The summed E-state index contributed by atoms with van der Waals surface area (Å²) < 4.78 is 0. The zero-order valence-corrected chi connectivity index (χ0v) is 10.3. The van der Waals surface area contributed by atoms with E-state index in [4.69, 9.17) is 0 Å². The van der Waals surface area contributed by atoms with Crippen LogP contribution in [0.1, 0.15) is 31.1 Å². The predicted octanol–water partition coefficient (Wildman–Crippen LogP) is 3.77. The number of ketones is 1. The van der Waals surface area contributed by atoms with Crippen molar-refractivity contribution >= 4 is 16.6 Å². The molecule has 2 heteroatoms. The van der Waals surface area contributed by atoms with Crippen LogP contribution in [0.4, 0.5) is 0 Å². The molecule has 2 aromatic carbocycles. The summed E-state index contributed by atoms with van der Waals surface area (Å²) in [5.74, 6) is 0.375. The van der Waals surface area contributed by atoms with Crippen molar-refractivity contribution < 1.29 is 9.90 Å². The zero-order chi connectivity index (χ0) is 12.6. The van der Waals surface area contributed by atoms with Crippen LogP contribution in [0.2, 0.25) is 0 Å². The fourth-order valence-electron chi connectivity index (χ4n) is 1.81. The van der Waals surface area contributed by atoms with Gasteiger partial charge in [0, 0.05) is 11.0 Å². The summed E-state index contributed by atoms with van der Waals surface area (Å²) in [6.07, 6.45) is 0. The summed E-state index contributed by atoms with van der Waals surface area (Å²) in [6, 6.07) is 10.7. The van der Waals surface area contributed by atoms with Crippen LogP contribution in [-0.4, -0.2) is 10.9 Å². The highest BCUT2D eigenvalue weighted by Crippen LogP contribution is 2.25. The molecule has 0 aliphatic rings. The first kappa shape index (κ1) is 11.6. The van der Waals surface area contributed by atoms with Crippen LogP contribution in [0.5, 0.6) is 5.75 Å². The van der Waals surface area contributed by atoms with Crippen molar-refractivity contribution in [3.63, 3.8) is 0 Å². The number of hydrogen-bond acceptors (Lipinski definition) is 2. The SMILES string of the molecule is CC(C)(C)C(=O)c1ccc2cc(O)ccc2c1. The number of Topliss-reactive ketones (excluding diaryl/α,β-unsaturated/α-hetero) is 1. The highest BCUT2D eigenvalue weighted by molar-refractivity contribution is 6.02. The van der Waals surface area contributed by atoms with E-state index >= 15 is 0 Å². The molecule has 1 N–H and O–H groups in total. The Bertz CT molecular complexity index is 577. The Labute approximate surface area is 101 Å². The van der Waals surface area contributed by atoms with Crippen molar-refractivity contribution in [2.45, 2.75) is 20.8 Å². The van der Waals surface area contributed by atoms with Gasteiger partial charge < -0.3 is 5.11 Å². The molecule has 0 atom stereocenters. The topological polar surface area (TPSA) is 37.3 Å². The molecule has 0 spiro atoms. The molecule has 0 heterocycles. The first-order chi connectivity index (χ1) is 7.88. The maximum absolute atomic E-state index is 12.1. The Morgan fingerprint density at radius 3 is 2.24 bits per heavy atom. The Balaban J connectivity index is 2.52. The number of hydrogen-bond donors (Lipinski definition) is 1. The van der Waals surface area contributed by atoms with Crippen LogP contribution in [0.3, 0.4) is 0 Å². The van der Waals surface area contributed by atoms with Crippen molar-refractivity contribution in [1.29, 1.82) is 0 Å². The molecule has 2 nitrogen and oxygen atoms in total. The van der Waals surface area contributed by atoms with Gasteiger partial charge in [-0.05, 0) is 29.0 Å². The van der Waals surface area contributed by atoms with E-state index in [0.29, 0.717) is 0 Å². The lowest BCUT2D eigenvalue weighted by Crippen LogP contribution is -2.19. The minimum absolute atomic E-state index is 0.132.